The molecule has 0 fully saturated rings. The van der Waals surface area contributed by atoms with E-state index in [-0.39, 0.29) is 5.91 Å². The van der Waals surface area contributed by atoms with E-state index in [1.807, 2.05) is 0 Å². The molecule has 0 saturated heterocycles. The van der Waals surface area contributed by atoms with Crippen molar-refractivity contribution in [3.8, 4) is 0 Å². The Morgan fingerprint density at radius 1 is 1.73 bits per heavy atom. The Labute approximate surface area is 66.0 Å². The number of hydrazone groups is 1. The fraction of sp³-hybridized carbons (Fsp3) is 0.714. The molecule has 0 saturated carbocycles. The minimum Gasteiger partial charge on any atom is -0.330 e. The van der Waals surface area contributed by atoms with Crippen molar-refractivity contribution in [1.82, 2.24) is 5.01 Å². The van der Waals surface area contributed by atoms with Crippen LogP contribution >= 0.6 is 0 Å². The highest BCUT2D eigenvalue weighted by Gasteiger charge is 2.18. The number of hydrogen-bond acceptors (Lipinski definition) is 3. The number of nitrogens with zero attached hydrogens (tertiary/aromatic N) is 2. The molecular weight excluding hydrogens is 142 g/mol. The lowest BCUT2D eigenvalue weighted by Gasteiger charge is -1.98. The average molecular weight is 155 g/mol. The molecule has 0 aromatic rings. The molecule has 0 unspecified atom stereocenters. The van der Waals surface area contributed by atoms with Gasteiger partial charge in [-0.25, -0.2) is 5.01 Å². The third-order valence-electron chi connectivity index (χ3n) is 1.68. The van der Waals surface area contributed by atoms with E-state index in [2.05, 4.69) is 5.10 Å². The lowest BCUT2D eigenvalue weighted by Crippen LogP contribution is -2.14. The summed E-state index contributed by atoms with van der Waals surface area (Å²) in [5.41, 5.74) is 6.28. The smallest absolute Gasteiger partial charge is 0.248 e. The first-order valence-electron chi connectivity index (χ1n) is 3.77. The Morgan fingerprint density at radius 3 is 2.91 bits per heavy atom. The molecule has 62 valence electrons. The summed E-state index contributed by atoms with van der Waals surface area (Å²) in [6.07, 6.45) is 2.25. The summed E-state index contributed by atoms with van der Waals surface area (Å²) in [5.74, 6) is 0.0806. The molecule has 4 heteroatoms. The van der Waals surface area contributed by atoms with Crippen LogP contribution in [0.4, 0.5) is 0 Å². The van der Waals surface area contributed by atoms with Crippen molar-refractivity contribution < 1.29 is 4.79 Å². The van der Waals surface area contributed by atoms with E-state index < -0.39 is 0 Å². The van der Waals surface area contributed by atoms with Gasteiger partial charge in [0.2, 0.25) is 5.91 Å². The Hall–Kier alpha value is -0.900. The van der Waals surface area contributed by atoms with Gasteiger partial charge in [-0.15, -0.1) is 0 Å². The van der Waals surface area contributed by atoms with Gasteiger partial charge >= 0.3 is 0 Å². The van der Waals surface area contributed by atoms with Gasteiger partial charge in [-0.3, -0.25) is 4.79 Å². The summed E-state index contributed by atoms with van der Waals surface area (Å²) in [6.45, 7) is 0.664. The molecular formula is C7H13N3O. The molecule has 0 spiro atoms. The van der Waals surface area contributed by atoms with E-state index in [1.165, 1.54) is 5.01 Å². The summed E-state index contributed by atoms with van der Waals surface area (Å²) in [5, 5.41) is 5.45. The third-order valence-corrected chi connectivity index (χ3v) is 1.68. The van der Waals surface area contributed by atoms with Crippen LogP contribution in [-0.4, -0.2) is 30.2 Å². The number of amides is 1. The maximum Gasteiger partial charge on any atom is 0.248 e. The van der Waals surface area contributed by atoms with Crippen LogP contribution in [0.1, 0.15) is 19.3 Å². The Bertz CT molecular complexity index is 188. The summed E-state index contributed by atoms with van der Waals surface area (Å²) in [7, 11) is 1.68. The predicted octanol–water partition coefficient (Wildman–Crippen LogP) is -0.0566. The zero-order chi connectivity index (χ0) is 8.27. The van der Waals surface area contributed by atoms with Gasteiger partial charge in [0, 0.05) is 12.8 Å². The van der Waals surface area contributed by atoms with E-state index in [1.54, 1.807) is 7.05 Å². The van der Waals surface area contributed by atoms with Gasteiger partial charge in [-0.2, -0.15) is 5.10 Å². The van der Waals surface area contributed by atoms with Gasteiger partial charge in [0.1, 0.15) is 0 Å². The number of nitrogens with two attached hydrogens (primary N) is 1. The lowest BCUT2D eigenvalue weighted by atomic mass is 10.1. The molecule has 2 N–H and O–H groups in total. The van der Waals surface area contributed by atoms with Crippen molar-refractivity contribution in [3.63, 3.8) is 0 Å². The topological polar surface area (TPSA) is 58.7 Å². The van der Waals surface area contributed by atoms with E-state index in [4.69, 9.17) is 5.73 Å². The Morgan fingerprint density at radius 2 is 2.45 bits per heavy atom. The summed E-state index contributed by atoms with van der Waals surface area (Å²) in [6, 6.07) is 0. The standard InChI is InChI=1S/C7H13N3O/c1-10-7(11)5-6(9-10)3-2-4-8/h2-5,8H2,1H3. The quantitative estimate of drug-likeness (QED) is 0.621. The molecule has 0 atom stereocenters. The van der Waals surface area contributed by atoms with Crippen molar-refractivity contribution >= 4 is 11.6 Å². The van der Waals surface area contributed by atoms with E-state index in [9.17, 15) is 4.79 Å². The number of carbonyl (C=O) groups is 1. The second-order valence-corrected chi connectivity index (χ2v) is 2.65. The first-order valence-corrected chi connectivity index (χ1v) is 3.77. The largest absolute Gasteiger partial charge is 0.330 e. The fourth-order valence-electron chi connectivity index (χ4n) is 1.04. The molecule has 0 aromatic heterocycles. The van der Waals surface area contributed by atoms with Crippen LogP contribution in [0.5, 0.6) is 0 Å². The zero-order valence-electron chi connectivity index (χ0n) is 6.71. The third kappa shape index (κ3) is 2.01. The molecule has 0 radical (unpaired) electrons. The number of rotatable bonds is 3. The van der Waals surface area contributed by atoms with Crippen molar-refractivity contribution in [2.75, 3.05) is 13.6 Å². The molecule has 0 aliphatic carbocycles. The highest BCUT2D eigenvalue weighted by Crippen LogP contribution is 2.08. The van der Waals surface area contributed by atoms with Crippen LogP contribution in [0, 0.1) is 0 Å². The first kappa shape index (κ1) is 8.20. The number of hydrogen-bond donors (Lipinski definition) is 1. The van der Waals surface area contributed by atoms with Crippen LogP contribution < -0.4 is 5.73 Å². The van der Waals surface area contributed by atoms with Crippen LogP contribution in [0.3, 0.4) is 0 Å². The van der Waals surface area contributed by atoms with Crippen LogP contribution in [0.15, 0.2) is 5.10 Å². The zero-order valence-corrected chi connectivity index (χ0v) is 6.71. The average Bonchev–Trinajstić information content (AvgIpc) is 2.28. The van der Waals surface area contributed by atoms with Crippen molar-refractivity contribution in [3.05, 3.63) is 0 Å². The predicted molar refractivity (Wildman–Crippen MR) is 43.1 cm³/mol. The number of carbonyl (C=O) groups excluding carboxylic acids is 1. The fourth-order valence-corrected chi connectivity index (χ4v) is 1.04. The Balaban J connectivity index is 2.37. The minimum absolute atomic E-state index is 0.0806. The van der Waals surface area contributed by atoms with Gasteiger partial charge in [-0.05, 0) is 19.4 Å². The second-order valence-electron chi connectivity index (χ2n) is 2.65. The van der Waals surface area contributed by atoms with Gasteiger partial charge in [0.05, 0.1) is 6.42 Å². The van der Waals surface area contributed by atoms with Gasteiger partial charge in [-0.1, -0.05) is 0 Å². The van der Waals surface area contributed by atoms with E-state index in [0.29, 0.717) is 13.0 Å². The highest BCUT2D eigenvalue weighted by atomic mass is 16.2. The summed E-state index contributed by atoms with van der Waals surface area (Å²) in [4.78, 5) is 10.9. The molecule has 0 aromatic carbocycles. The molecule has 1 aliphatic rings. The van der Waals surface area contributed by atoms with Crippen LogP contribution in [0.25, 0.3) is 0 Å². The molecule has 4 nitrogen and oxygen atoms in total. The minimum atomic E-state index is 0.0806. The molecule has 0 bridgehead atoms. The maximum atomic E-state index is 10.9. The van der Waals surface area contributed by atoms with Crippen LogP contribution in [0.2, 0.25) is 0 Å². The molecule has 11 heavy (non-hydrogen) atoms. The Kier molecular flexibility index (Phi) is 2.59. The lowest BCUT2D eigenvalue weighted by molar-refractivity contribution is -0.127. The monoisotopic (exact) mass is 155 g/mol. The van der Waals surface area contributed by atoms with Crippen LogP contribution in [-0.2, 0) is 4.79 Å². The highest BCUT2D eigenvalue weighted by molar-refractivity contribution is 6.04. The molecule has 1 heterocycles. The normalized spacial score (nSPS) is 17.5. The van der Waals surface area contributed by atoms with Gasteiger partial charge < -0.3 is 5.73 Å². The van der Waals surface area contributed by atoms with Crippen molar-refractivity contribution in [2.45, 2.75) is 19.3 Å². The summed E-state index contributed by atoms with van der Waals surface area (Å²) >= 11 is 0. The second kappa shape index (κ2) is 3.48. The molecule has 1 amide bonds. The molecule has 1 aliphatic heterocycles. The van der Waals surface area contributed by atoms with Gasteiger partial charge in [0.15, 0.2) is 0 Å². The summed E-state index contributed by atoms with van der Waals surface area (Å²) < 4.78 is 0. The van der Waals surface area contributed by atoms with Gasteiger partial charge in [0.25, 0.3) is 0 Å². The first-order chi connectivity index (χ1) is 5.24. The maximum absolute atomic E-state index is 10.9. The van der Waals surface area contributed by atoms with Crippen molar-refractivity contribution in [2.24, 2.45) is 10.8 Å². The van der Waals surface area contributed by atoms with E-state index in [0.717, 1.165) is 18.6 Å². The van der Waals surface area contributed by atoms with E-state index >= 15 is 0 Å². The molecule has 1 rings (SSSR count). The van der Waals surface area contributed by atoms with Crippen molar-refractivity contribution in [1.29, 1.82) is 0 Å². The SMILES string of the molecule is CN1N=C(CCCN)CC1=O.